The van der Waals surface area contributed by atoms with Crippen molar-refractivity contribution in [3.8, 4) is 0 Å². The second-order valence-corrected chi connectivity index (χ2v) is 7.16. The van der Waals surface area contributed by atoms with E-state index in [0.29, 0.717) is 0 Å². The van der Waals surface area contributed by atoms with E-state index in [2.05, 4.69) is 77.1 Å². The Kier molecular flexibility index (Phi) is 5.36. The zero-order chi connectivity index (χ0) is 14.9. The van der Waals surface area contributed by atoms with Crippen molar-refractivity contribution in [2.24, 2.45) is 5.84 Å². The van der Waals surface area contributed by atoms with Crippen LogP contribution in [0.1, 0.15) is 37.3 Å². The summed E-state index contributed by atoms with van der Waals surface area (Å²) in [7, 11) is 0. The highest BCUT2D eigenvalue weighted by atomic mass is 79.9. The molecule has 0 aromatic carbocycles. The van der Waals surface area contributed by atoms with E-state index in [4.69, 9.17) is 5.84 Å². The summed E-state index contributed by atoms with van der Waals surface area (Å²) in [4.78, 5) is 4.45. The van der Waals surface area contributed by atoms with Gasteiger partial charge in [0.15, 0.2) is 0 Å². The predicted octanol–water partition coefficient (Wildman–Crippen LogP) is 3.70. The van der Waals surface area contributed by atoms with Gasteiger partial charge in [-0.1, -0.05) is 0 Å². The fraction of sp³-hybridized carbons (Fsp3) is 0.333. The molecule has 0 amide bonds. The van der Waals surface area contributed by atoms with Gasteiger partial charge in [-0.15, -0.1) is 0 Å². The summed E-state index contributed by atoms with van der Waals surface area (Å²) in [6.07, 6.45) is 3.51. The Bertz CT molecular complexity index is 611. The SMILES string of the molecule is CC(C)n1ncc(Br)c1C(NN)c1ncc(Br)cc1Br. The number of hydrazine groups is 1. The lowest BCUT2D eigenvalue weighted by molar-refractivity contribution is 0.471. The summed E-state index contributed by atoms with van der Waals surface area (Å²) < 4.78 is 4.59. The lowest BCUT2D eigenvalue weighted by atomic mass is 10.1. The van der Waals surface area contributed by atoms with Gasteiger partial charge in [-0.25, -0.2) is 5.43 Å². The van der Waals surface area contributed by atoms with E-state index in [1.165, 1.54) is 0 Å². The van der Waals surface area contributed by atoms with Crippen molar-refractivity contribution in [3.05, 3.63) is 43.3 Å². The summed E-state index contributed by atoms with van der Waals surface area (Å²) in [6.45, 7) is 4.14. The number of rotatable bonds is 4. The van der Waals surface area contributed by atoms with Crippen molar-refractivity contribution in [1.82, 2.24) is 20.2 Å². The van der Waals surface area contributed by atoms with Crippen LogP contribution in [0.3, 0.4) is 0 Å². The molecule has 2 aromatic rings. The Labute approximate surface area is 142 Å². The second kappa shape index (κ2) is 6.65. The van der Waals surface area contributed by atoms with Crippen LogP contribution < -0.4 is 11.3 Å². The zero-order valence-electron chi connectivity index (χ0n) is 10.9. The Balaban J connectivity index is 2.55. The van der Waals surface area contributed by atoms with E-state index < -0.39 is 0 Å². The molecule has 0 fully saturated rings. The molecule has 20 heavy (non-hydrogen) atoms. The number of nitrogens with zero attached hydrogens (tertiary/aromatic N) is 3. The molecule has 1 atom stereocenters. The number of hydrogen-bond donors (Lipinski definition) is 2. The van der Waals surface area contributed by atoms with E-state index in [1.54, 1.807) is 12.4 Å². The minimum absolute atomic E-state index is 0.223. The number of halogens is 3. The summed E-state index contributed by atoms with van der Waals surface area (Å²) in [5.41, 5.74) is 4.57. The number of aromatic nitrogens is 3. The lowest BCUT2D eigenvalue weighted by Crippen LogP contribution is -2.32. The van der Waals surface area contributed by atoms with Gasteiger partial charge in [-0.2, -0.15) is 5.10 Å². The summed E-state index contributed by atoms with van der Waals surface area (Å²) in [5, 5.41) is 4.38. The van der Waals surface area contributed by atoms with Gasteiger partial charge in [0.25, 0.3) is 0 Å². The van der Waals surface area contributed by atoms with Gasteiger partial charge < -0.3 is 0 Å². The largest absolute Gasteiger partial charge is 0.270 e. The second-order valence-electron chi connectivity index (χ2n) is 4.54. The van der Waals surface area contributed by atoms with Crippen molar-refractivity contribution < 1.29 is 0 Å². The maximum absolute atomic E-state index is 5.76. The van der Waals surface area contributed by atoms with Gasteiger partial charge >= 0.3 is 0 Å². The fourth-order valence-electron chi connectivity index (χ4n) is 1.96. The molecule has 5 nitrogen and oxygen atoms in total. The molecule has 1 unspecified atom stereocenters. The average molecular weight is 468 g/mol. The topological polar surface area (TPSA) is 68.8 Å². The van der Waals surface area contributed by atoms with Gasteiger partial charge in [-0.05, 0) is 67.7 Å². The van der Waals surface area contributed by atoms with E-state index >= 15 is 0 Å². The molecule has 0 aliphatic heterocycles. The van der Waals surface area contributed by atoms with Gasteiger partial charge in [0.05, 0.1) is 22.1 Å². The molecule has 0 bridgehead atoms. The van der Waals surface area contributed by atoms with Crippen LogP contribution in [-0.2, 0) is 0 Å². The van der Waals surface area contributed by atoms with Gasteiger partial charge in [0, 0.05) is 21.2 Å². The Hall–Kier alpha value is -0.280. The first-order valence-corrected chi connectivity index (χ1v) is 8.33. The smallest absolute Gasteiger partial charge is 0.107 e. The van der Waals surface area contributed by atoms with Crippen molar-refractivity contribution in [2.45, 2.75) is 25.9 Å². The first-order valence-electron chi connectivity index (χ1n) is 5.95. The van der Waals surface area contributed by atoms with Crippen molar-refractivity contribution >= 4 is 47.8 Å². The summed E-state index contributed by atoms with van der Waals surface area (Å²) >= 11 is 10.5. The number of pyridine rings is 1. The molecule has 8 heteroatoms. The van der Waals surface area contributed by atoms with Gasteiger partial charge in [0.1, 0.15) is 6.04 Å². The van der Waals surface area contributed by atoms with E-state index in [1.807, 2.05) is 10.7 Å². The molecule has 2 heterocycles. The van der Waals surface area contributed by atoms with Gasteiger partial charge in [0.2, 0.25) is 0 Å². The molecule has 0 saturated carbocycles. The van der Waals surface area contributed by atoms with Crippen molar-refractivity contribution in [1.29, 1.82) is 0 Å². The van der Waals surface area contributed by atoms with Crippen LogP contribution in [0.15, 0.2) is 31.9 Å². The van der Waals surface area contributed by atoms with Crippen LogP contribution in [0.5, 0.6) is 0 Å². The molecule has 0 radical (unpaired) electrons. The average Bonchev–Trinajstić information content (AvgIpc) is 2.75. The maximum Gasteiger partial charge on any atom is 0.107 e. The molecule has 108 valence electrons. The Morgan fingerprint density at radius 3 is 2.45 bits per heavy atom. The normalized spacial score (nSPS) is 12.9. The molecule has 0 saturated heterocycles. The number of nitrogens with two attached hydrogens (primary N) is 1. The molecule has 3 N–H and O–H groups in total. The fourth-order valence-corrected chi connectivity index (χ4v) is 3.68. The molecule has 0 aliphatic rings. The minimum Gasteiger partial charge on any atom is -0.270 e. The molecule has 0 spiro atoms. The van der Waals surface area contributed by atoms with Gasteiger partial charge in [-0.3, -0.25) is 15.5 Å². The van der Waals surface area contributed by atoms with Crippen LogP contribution in [0.4, 0.5) is 0 Å². The van der Waals surface area contributed by atoms with Crippen LogP contribution in [-0.4, -0.2) is 14.8 Å². The van der Waals surface area contributed by atoms with E-state index in [9.17, 15) is 0 Å². The van der Waals surface area contributed by atoms with E-state index in [0.717, 1.165) is 24.8 Å². The quantitative estimate of drug-likeness (QED) is 0.531. The molecule has 0 aliphatic carbocycles. The molecule has 2 rings (SSSR count). The molecular formula is C12H14Br3N5. The van der Waals surface area contributed by atoms with Crippen molar-refractivity contribution in [2.75, 3.05) is 0 Å². The summed E-state index contributed by atoms with van der Waals surface area (Å²) in [6, 6.07) is 1.90. The third-order valence-electron chi connectivity index (χ3n) is 2.83. The number of nitrogens with one attached hydrogen (secondary N) is 1. The van der Waals surface area contributed by atoms with Crippen LogP contribution in [0.2, 0.25) is 0 Å². The Morgan fingerprint density at radius 2 is 1.90 bits per heavy atom. The first-order chi connectivity index (χ1) is 9.45. The van der Waals surface area contributed by atoms with E-state index in [-0.39, 0.29) is 12.1 Å². The highest BCUT2D eigenvalue weighted by molar-refractivity contribution is 9.11. The zero-order valence-corrected chi connectivity index (χ0v) is 15.7. The van der Waals surface area contributed by atoms with Crippen LogP contribution in [0, 0.1) is 0 Å². The highest BCUT2D eigenvalue weighted by Gasteiger charge is 2.25. The maximum atomic E-state index is 5.76. The van der Waals surface area contributed by atoms with Crippen LogP contribution >= 0.6 is 47.8 Å². The molecular weight excluding hydrogens is 454 g/mol. The highest BCUT2D eigenvalue weighted by Crippen LogP contribution is 2.33. The Morgan fingerprint density at radius 1 is 1.20 bits per heavy atom. The standard InChI is InChI=1S/C12H14Br3N5/c1-6(2)20-12(9(15)5-18-20)11(19-16)10-8(14)3-7(13)4-17-10/h3-6,11,19H,16H2,1-2H3. The number of hydrogen-bond acceptors (Lipinski definition) is 4. The monoisotopic (exact) mass is 465 g/mol. The predicted molar refractivity (Wildman–Crippen MR) is 89.1 cm³/mol. The third-order valence-corrected chi connectivity index (χ3v) is 4.51. The van der Waals surface area contributed by atoms with Crippen LogP contribution in [0.25, 0.3) is 0 Å². The third kappa shape index (κ3) is 3.14. The summed E-state index contributed by atoms with van der Waals surface area (Å²) in [5.74, 6) is 5.76. The first kappa shape index (κ1) is 16.1. The van der Waals surface area contributed by atoms with Crippen molar-refractivity contribution in [3.63, 3.8) is 0 Å². The minimum atomic E-state index is -0.267. The lowest BCUT2D eigenvalue weighted by Gasteiger charge is -2.21. The molecule has 2 aromatic heterocycles.